The van der Waals surface area contributed by atoms with Crippen molar-refractivity contribution in [3.8, 4) is 0 Å². The minimum absolute atomic E-state index is 0.958. The van der Waals surface area contributed by atoms with Crippen molar-refractivity contribution < 1.29 is 0 Å². The average Bonchev–Trinajstić information content (AvgIpc) is 2.58. The molecule has 18 heavy (non-hydrogen) atoms. The molecule has 0 spiro atoms. The monoisotopic (exact) mass is 254 g/mol. The molecule has 0 amide bonds. The van der Waals surface area contributed by atoms with Crippen LogP contribution in [-0.2, 0) is 0 Å². The molecule has 1 heterocycles. The zero-order chi connectivity index (χ0) is 13.1. The van der Waals surface area contributed by atoms with E-state index in [-0.39, 0.29) is 0 Å². The summed E-state index contributed by atoms with van der Waals surface area (Å²) in [6.07, 6.45) is 11.1. The Morgan fingerprint density at radius 3 is 2.67 bits per heavy atom. The predicted octanol–water partition coefficient (Wildman–Crippen LogP) is 3.67. The maximum Gasteiger partial charge on any atom is -0.00162 e. The first-order valence-corrected chi connectivity index (χ1v) is 8.26. The lowest BCUT2D eigenvalue weighted by atomic mass is 10.0. The summed E-state index contributed by atoms with van der Waals surface area (Å²) < 4.78 is 0. The van der Waals surface area contributed by atoms with Gasteiger partial charge >= 0.3 is 0 Å². The van der Waals surface area contributed by atoms with Crippen LogP contribution in [0.1, 0.15) is 65.2 Å². The van der Waals surface area contributed by atoms with Crippen LogP contribution in [0.15, 0.2) is 0 Å². The van der Waals surface area contributed by atoms with Crippen molar-refractivity contribution in [2.75, 3.05) is 32.7 Å². The molecule has 0 saturated carbocycles. The quantitative estimate of drug-likeness (QED) is 0.632. The molecule has 1 N–H and O–H groups in total. The van der Waals surface area contributed by atoms with Crippen molar-refractivity contribution in [3.63, 3.8) is 0 Å². The second-order valence-electron chi connectivity index (χ2n) is 6.04. The van der Waals surface area contributed by atoms with Gasteiger partial charge in [-0.3, -0.25) is 0 Å². The van der Waals surface area contributed by atoms with Crippen molar-refractivity contribution in [1.29, 1.82) is 0 Å². The van der Waals surface area contributed by atoms with Crippen molar-refractivity contribution in [3.05, 3.63) is 0 Å². The Balaban J connectivity index is 1.88. The lowest BCUT2D eigenvalue weighted by molar-refractivity contribution is 0.274. The largest absolute Gasteiger partial charge is 0.317 e. The van der Waals surface area contributed by atoms with E-state index in [1.54, 1.807) is 0 Å². The summed E-state index contributed by atoms with van der Waals surface area (Å²) in [5.74, 6) is 0.958. The van der Waals surface area contributed by atoms with Gasteiger partial charge in [0, 0.05) is 0 Å². The summed E-state index contributed by atoms with van der Waals surface area (Å²) in [6, 6.07) is 0. The molecule has 1 rings (SSSR count). The molecule has 1 aliphatic rings. The van der Waals surface area contributed by atoms with Gasteiger partial charge in [0.15, 0.2) is 0 Å². The normalized spacial score (nSPS) is 22.0. The third kappa shape index (κ3) is 8.10. The summed E-state index contributed by atoms with van der Waals surface area (Å²) in [5, 5.41) is 3.48. The minimum Gasteiger partial charge on any atom is -0.317 e. The maximum atomic E-state index is 3.48. The van der Waals surface area contributed by atoms with Crippen LogP contribution in [0, 0.1) is 5.92 Å². The summed E-state index contributed by atoms with van der Waals surface area (Å²) in [4.78, 5) is 2.69. The fourth-order valence-electron chi connectivity index (χ4n) is 2.79. The van der Waals surface area contributed by atoms with E-state index >= 15 is 0 Å². The number of hydrogen-bond donors (Lipinski definition) is 1. The molecule has 0 radical (unpaired) electrons. The van der Waals surface area contributed by atoms with Gasteiger partial charge in [-0.15, -0.1) is 0 Å². The first-order chi connectivity index (χ1) is 8.83. The molecular weight excluding hydrogens is 220 g/mol. The van der Waals surface area contributed by atoms with Crippen LogP contribution >= 0.6 is 0 Å². The predicted molar refractivity (Wildman–Crippen MR) is 81.1 cm³/mol. The van der Waals surface area contributed by atoms with Crippen LogP contribution in [0.5, 0.6) is 0 Å². The molecule has 0 aliphatic carbocycles. The zero-order valence-corrected chi connectivity index (χ0v) is 12.7. The Bertz CT molecular complexity index is 182. The van der Waals surface area contributed by atoms with E-state index in [0.717, 1.165) is 5.92 Å². The molecule has 0 aromatic heterocycles. The van der Waals surface area contributed by atoms with E-state index in [1.807, 2.05) is 0 Å². The Kier molecular flexibility index (Phi) is 9.59. The number of rotatable bonds is 9. The van der Waals surface area contributed by atoms with Crippen molar-refractivity contribution >= 4 is 0 Å². The van der Waals surface area contributed by atoms with Crippen LogP contribution in [-0.4, -0.2) is 37.6 Å². The van der Waals surface area contributed by atoms with Gasteiger partial charge in [-0.05, 0) is 77.2 Å². The lowest BCUT2D eigenvalue weighted by Crippen LogP contribution is -2.26. The number of likely N-dealkylation sites (tertiary alicyclic amines) is 1. The molecule has 0 bridgehead atoms. The van der Waals surface area contributed by atoms with Gasteiger partial charge < -0.3 is 10.2 Å². The van der Waals surface area contributed by atoms with Crippen LogP contribution in [0.4, 0.5) is 0 Å². The third-order valence-corrected chi connectivity index (χ3v) is 4.11. The van der Waals surface area contributed by atoms with E-state index in [2.05, 4.69) is 24.1 Å². The highest BCUT2D eigenvalue weighted by atomic mass is 15.1. The summed E-state index contributed by atoms with van der Waals surface area (Å²) in [5.41, 5.74) is 0. The molecule has 0 aromatic carbocycles. The molecule has 1 aliphatic heterocycles. The van der Waals surface area contributed by atoms with Crippen LogP contribution in [0.2, 0.25) is 0 Å². The highest BCUT2D eigenvalue weighted by molar-refractivity contribution is 4.67. The van der Waals surface area contributed by atoms with Crippen LogP contribution < -0.4 is 5.32 Å². The summed E-state index contributed by atoms with van der Waals surface area (Å²) >= 11 is 0. The number of nitrogens with one attached hydrogen (secondary N) is 1. The highest BCUT2D eigenvalue weighted by Gasteiger charge is 2.12. The zero-order valence-electron chi connectivity index (χ0n) is 12.7. The van der Waals surface area contributed by atoms with Gasteiger partial charge in [0.05, 0.1) is 0 Å². The van der Waals surface area contributed by atoms with E-state index in [9.17, 15) is 0 Å². The second-order valence-corrected chi connectivity index (χ2v) is 6.04. The molecular formula is C16H34N2. The molecule has 1 saturated heterocycles. The van der Waals surface area contributed by atoms with E-state index in [1.165, 1.54) is 84.1 Å². The number of hydrogen-bond acceptors (Lipinski definition) is 2. The lowest BCUT2D eigenvalue weighted by Gasteiger charge is -2.19. The third-order valence-electron chi connectivity index (χ3n) is 4.11. The molecule has 2 heteroatoms. The molecule has 0 aromatic rings. The van der Waals surface area contributed by atoms with Crippen molar-refractivity contribution in [2.45, 2.75) is 65.2 Å². The Morgan fingerprint density at radius 1 is 1.00 bits per heavy atom. The van der Waals surface area contributed by atoms with Crippen molar-refractivity contribution in [2.24, 2.45) is 5.92 Å². The fourth-order valence-corrected chi connectivity index (χ4v) is 2.79. The van der Waals surface area contributed by atoms with Gasteiger partial charge in [0.1, 0.15) is 0 Å². The highest BCUT2D eigenvalue weighted by Crippen LogP contribution is 2.16. The second kappa shape index (κ2) is 10.8. The van der Waals surface area contributed by atoms with E-state index < -0.39 is 0 Å². The Hall–Kier alpha value is -0.0800. The van der Waals surface area contributed by atoms with Crippen molar-refractivity contribution in [1.82, 2.24) is 10.2 Å². The van der Waals surface area contributed by atoms with Crippen LogP contribution in [0.3, 0.4) is 0 Å². The smallest absolute Gasteiger partial charge is 0.00162 e. The summed E-state index contributed by atoms with van der Waals surface area (Å²) in [7, 11) is 0. The van der Waals surface area contributed by atoms with E-state index in [0.29, 0.717) is 0 Å². The maximum absolute atomic E-state index is 3.48. The van der Waals surface area contributed by atoms with Gasteiger partial charge in [-0.25, -0.2) is 0 Å². The SMILES string of the molecule is CCCNCCCCCCN1CCCC(C)CC1. The molecule has 2 nitrogen and oxygen atoms in total. The van der Waals surface area contributed by atoms with Crippen LogP contribution in [0.25, 0.3) is 0 Å². The Morgan fingerprint density at radius 2 is 1.83 bits per heavy atom. The average molecular weight is 254 g/mol. The molecule has 1 unspecified atom stereocenters. The first-order valence-electron chi connectivity index (χ1n) is 8.26. The van der Waals surface area contributed by atoms with Gasteiger partial charge in [-0.1, -0.05) is 26.7 Å². The topological polar surface area (TPSA) is 15.3 Å². The van der Waals surface area contributed by atoms with E-state index in [4.69, 9.17) is 0 Å². The first kappa shape index (κ1) is 16.0. The molecule has 1 atom stereocenters. The standard InChI is InChI=1S/C16H34N2/c1-3-11-17-12-6-4-5-7-13-18-14-8-9-16(2)10-15-18/h16-17H,3-15H2,1-2H3. The summed E-state index contributed by atoms with van der Waals surface area (Å²) in [6.45, 7) is 11.1. The minimum atomic E-state index is 0.958. The molecule has 1 fully saturated rings. The van der Waals surface area contributed by atoms with Gasteiger partial charge in [0.2, 0.25) is 0 Å². The van der Waals surface area contributed by atoms with Gasteiger partial charge in [0.25, 0.3) is 0 Å². The van der Waals surface area contributed by atoms with Gasteiger partial charge in [-0.2, -0.15) is 0 Å². The Labute approximate surface area is 115 Å². The molecule has 108 valence electrons. The number of nitrogens with zero attached hydrogens (tertiary/aromatic N) is 1. The number of unbranched alkanes of at least 4 members (excludes halogenated alkanes) is 3. The fraction of sp³-hybridized carbons (Fsp3) is 1.00.